The topological polar surface area (TPSA) is 140 Å². The SMILES string of the molecule is CC(C=O)N(N)c1cnc(C(N)=O)c(Nc2ccc3ncccc3c2)n1. The monoisotopic (exact) mass is 351 g/mol. The van der Waals surface area contributed by atoms with Crippen LogP contribution in [0.2, 0.25) is 0 Å². The number of aromatic nitrogens is 3. The fraction of sp³-hybridized carbons (Fsp3) is 0.118. The summed E-state index contributed by atoms with van der Waals surface area (Å²) in [7, 11) is 0. The average Bonchev–Trinajstić information content (AvgIpc) is 2.66. The number of rotatable bonds is 6. The van der Waals surface area contributed by atoms with E-state index < -0.39 is 11.9 Å². The van der Waals surface area contributed by atoms with E-state index in [2.05, 4.69) is 20.3 Å². The Hall–Kier alpha value is -3.59. The number of primary amides is 1. The molecule has 9 nitrogen and oxygen atoms in total. The van der Waals surface area contributed by atoms with E-state index in [4.69, 9.17) is 11.6 Å². The number of carbonyl (C=O) groups is 2. The first kappa shape index (κ1) is 17.2. The highest BCUT2D eigenvalue weighted by Gasteiger charge is 2.17. The molecule has 0 saturated carbocycles. The Morgan fingerprint density at radius 1 is 1.31 bits per heavy atom. The molecule has 5 N–H and O–H groups in total. The molecular formula is C17H17N7O2. The van der Waals surface area contributed by atoms with Crippen LogP contribution < -0.4 is 21.9 Å². The minimum Gasteiger partial charge on any atom is -0.364 e. The average molecular weight is 351 g/mol. The van der Waals surface area contributed by atoms with Gasteiger partial charge in [-0.15, -0.1) is 0 Å². The van der Waals surface area contributed by atoms with Gasteiger partial charge in [0.05, 0.1) is 17.8 Å². The van der Waals surface area contributed by atoms with Crippen molar-refractivity contribution in [3.05, 3.63) is 48.4 Å². The Bertz CT molecular complexity index is 976. The van der Waals surface area contributed by atoms with Gasteiger partial charge in [0, 0.05) is 17.3 Å². The Morgan fingerprint density at radius 3 is 2.85 bits per heavy atom. The lowest BCUT2D eigenvalue weighted by Gasteiger charge is -2.21. The molecule has 0 aliphatic rings. The van der Waals surface area contributed by atoms with Crippen molar-refractivity contribution < 1.29 is 9.59 Å². The number of anilines is 3. The Morgan fingerprint density at radius 2 is 2.12 bits per heavy atom. The fourth-order valence-corrected chi connectivity index (χ4v) is 2.34. The zero-order valence-corrected chi connectivity index (χ0v) is 14.0. The van der Waals surface area contributed by atoms with Crippen LogP contribution in [-0.2, 0) is 4.79 Å². The third kappa shape index (κ3) is 3.42. The van der Waals surface area contributed by atoms with Crippen molar-refractivity contribution >= 4 is 40.4 Å². The molecule has 9 heteroatoms. The normalized spacial score (nSPS) is 11.8. The minimum absolute atomic E-state index is 0.0350. The highest BCUT2D eigenvalue weighted by molar-refractivity contribution is 5.96. The summed E-state index contributed by atoms with van der Waals surface area (Å²) in [5.74, 6) is 5.49. The maximum atomic E-state index is 11.7. The number of hydrogen-bond donors (Lipinski definition) is 3. The van der Waals surface area contributed by atoms with Gasteiger partial charge in [-0.05, 0) is 31.2 Å². The molecule has 3 rings (SSSR count). The lowest BCUT2D eigenvalue weighted by Crippen LogP contribution is -2.41. The van der Waals surface area contributed by atoms with Crippen LogP contribution in [-0.4, -0.2) is 33.2 Å². The summed E-state index contributed by atoms with van der Waals surface area (Å²) in [5.41, 5.74) is 6.85. The van der Waals surface area contributed by atoms with Gasteiger partial charge >= 0.3 is 0 Å². The van der Waals surface area contributed by atoms with Crippen molar-refractivity contribution in [2.45, 2.75) is 13.0 Å². The molecule has 2 aromatic heterocycles. The van der Waals surface area contributed by atoms with Crippen molar-refractivity contribution in [2.24, 2.45) is 11.6 Å². The molecule has 132 valence electrons. The number of aldehydes is 1. The molecule has 0 aliphatic carbocycles. The van der Waals surface area contributed by atoms with Crippen LogP contribution in [0.4, 0.5) is 17.3 Å². The second-order valence-corrected chi connectivity index (χ2v) is 5.61. The fourth-order valence-electron chi connectivity index (χ4n) is 2.34. The second-order valence-electron chi connectivity index (χ2n) is 5.61. The van der Waals surface area contributed by atoms with Gasteiger partial charge in [0.15, 0.2) is 17.3 Å². The van der Waals surface area contributed by atoms with Crippen molar-refractivity contribution in [3.8, 4) is 0 Å². The highest BCUT2D eigenvalue weighted by atomic mass is 16.1. The van der Waals surface area contributed by atoms with E-state index in [1.807, 2.05) is 24.3 Å². The molecule has 0 fully saturated rings. The molecule has 0 spiro atoms. The van der Waals surface area contributed by atoms with Gasteiger partial charge in [-0.25, -0.2) is 15.8 Å². The molecule has 1 atom stereocenters. The minimum atomic E-state index is -0.735. The molecule has 1 amide bonds. The number of hydrogen-bond acceptors (Lipinski definition) is 8. The number of fused-ring (bicyclic) bond motifs is 1. The first-order valence-electron chi connectivity index (χ1n) is 7.77. The number of nitrogens with two attached hydrogens (primary N) is 2. The van der Waals surface area contributed by atoms with Crippen LogP contribution in [0.25, 0.3) is 10.9 Å². The van der Waals surface area contributed by atoms with Crippen LogP contribution in [0, 0.1) is 0 Å². The summed E-state index contributed by atoms with van der Waals surface area (Å²) in [5, 5.41) is 5.09. The predicted octanol–water partition coefficient (Wildman–Crippen LogP) is 1.13. The van der Waals surface area contributed by atoms with Gasteiger partial charge in [-0.1, -0.05) is 6.07 Å². The van der Waals surface area contributed by atoms with Gasteiger partial charge < -0.3 is 15.8 Å². The second kappa shape index (κ2) is 7.11. The van der Waals surface area contributed by atoms with E-state index in [1.165, 1.54) is 6.20 Å². The number of amides is 1. The number of benzene rings is 1. The predicted molar refractivity (Wildman–Crippen MR) is 97.8 cm³/mol. The number of hydrazine groups is 1. The lowest BCUT2D eigenvalue weighted by atomic mass is 10.2. The summed E-state index contributed by atoms with van der Waals surface area (Å²) < 4.78 is 0. The van der Waals surface area contributed by atoms with Gasteiger partial charge in [0.1, 0.15) is 6.29 Å². The third-order valence-corrected chi connectivity index (χ3v) is 3.76. The van der Waals surface area contributed by atoms with E-state index in [0.29, 0.717) is 12.0 Å². The number of nitrogens with zero attached hydrogens (tertiary/aromatic N) is 4. The van der Waals surface area contributed by atoms with Gasteiger partial charge in [0.25, 0.3) is 5.91 Å². The molecule has 0 aliphatic heterocycles. The van der Waals surface area contributed by atoms with Crippen molar-refractivity contribution in [1.82, 2.24) is 15.0 Å². The Balaban J connectivity index is 2.00. The quantitative estimate of drug-likeness (QED) is 0.341. The first-order valence-corrected chi connectivity index (χ1v) is 7.77. The Kier molecular flexibility index (Phi) is 4.72. The van der Waals surface area contributed by atoms with E-state index in [1.54, 1.807) is 19.2 Å². The number of nitrogens with one attached hydrogen (secondary N) is 1. The van der Waals surface area contributed by atoms with E-state index in [0.717, 1.165) is 15.9 Å². The van der Waals surface area contributed by atoms with Crippen LogP contribution >= 0.6 is 0 Å². The molecule has 1 aromatic carbocycles. The van der Waals surface area contributed by atoms with Crippen LogP contribution in [0.1, 0.15) is 17.4 Å². The molecule has 26 heavy (non-hydrogen) atoms. The van der Waals surface area contributed by atoms with E-state index in [-0.39, 0.29) is 17.3 Å². The van der Waals surface area contributed by atoms with Gasteiger partial charge in [-0.3, -0.25) is 14.8 Å². The summed E-state index contributed by atoms with van der Waals surface area (Å²) in [6.07, 6.45) is 3.67. The largest absolute Gasteiger partial charge is 0.364 e. The maximum absolute atomic E-state index is 11.7. The molecule has 2 heterocycles. The summed E-state index contributed by atoms with van der Waals surface area (Å²) in [6, 6.07) is 8.62. The van der Waals surface area contributed by atoms with Gasteiger partial charge in [0.2, 0.25) is 0 Å². The smallest absolute Gasteiger partial charge is 0.271 e. The number of pyridine rings is 1. The van der Waals surface area contributed by atoms with Crippen LogP contribution in [0.15, 0.2) is 42.7 Å². The summed E-state index contributed by atoms with van der Waals surface area (Å²) in [6.45, 7) is 1.61. The molecule has 0 bridgehead atoms. The number of carbonyl (C=O) groups excluding carboxylic acids is 2. The standard InChI is InChI=1S/C17H17N7O2/c1-10(9-25)24(19)14-8-21-15(16(18)26)17(23-14)22-12-4-5-13-11(7-12)3-2-6-20-13/h2-10H,19H2,1H3,(H2,18,26)(H,22,23). The Labute approximate surface area is 149 Å². The molecular weight excluding hydrogens is 334 g/mol. The first-order chi connectivity index (χ1) is 12.5. The summed E-state index contributed by atoms with van der Waals surface area (Å²) >= 11 is 0. The van der Waals surface area contributed by atoms with Crippen LogP contribution in [0.5, 0.6) is 0 Å². The summed E-state index contributed by atoms with van der Waals surface area (Å²) in [4.78, 5) is 35.2. The van der Waals surface area contributed by atoms with Gasteiger partial charge in [-0.2, -0.15) is 0 Å². The zero-order chi connectivity index (χ0) is 18.7. The molecule has 0 radical (unpaired) electrons. The van der Waals surface area contributed by atoms with E-state index in [9.17, 15) is 9.59 Å². The zero-order valence-electron chi connectivity index (χ0n) is 14.0. The van der Waals surface area contributed by atoms with Crippen LogP contribution in [0.3, 0.4) is 0 Å². The lowest BCUT2D eigenvalue weighted by molar-refractivity contribution is -0.108. The molecule has 3 aromatic rings. The van der Waals surface area contributed by atoms with Crippen molar-refractivity contribution in [1.29, 1.82) is 0 Å². The third-order valence-electron chi connectivity index (χ3n) is 3.76. The molecule has 0 saturated heterocycles. The van der Waals surface area contributed by atoms with Crippen molar-refractivity contribution in [3.63, 3.8) is 0 Å². The molecule has 1 unspecified atom stereocenters. The highest BCUT2D eigenvalue weighted by Crippen LogP contribution is 2.23. The van der Waals surface area contributed by atoms with Crippen molar-refractivity contribution in [2.75, 3.05) is 10.3 Å². The maximum Gasteiger partial charge on any atom is 0.271 e. The van der Waals surface area contributed by atoms with E-state index >= 15 is 0 Å².